The maximum absolute atomic E-state index is 2.42. The highest BCUT2D eigenvalue weighted by Gasteiger charge is 2.47. The van der Waals surface area contributed by atoms with E-state index in [4.69, 9.17) is 0 Å². The molecule has 3 aliphatic carbocycles. The summed E-state index contributed by atoms with van der Waals surface area (Å²) in [7, 11) is 0. The molecule has 3 aliphatic rings. The van der Waals surface area contributed by atoms with Crippen molar-refractivity contribution in [2.45, 2.75) is 44.9 Å². The third-order valence-corrected chi connectivity index (χ3v) is 11.3. The number of rotatable bonds is 6. The summed E-state index contributed by atoms with van der Waals surface area (Å²) in [5.74, 6) is 0. The zero-order valence-corrected chi connectivity index (χ0v) is 27.5. The Labute approximate surface area is 285 Å². The Bertz CT molecular complexity index is 2000. The molecular weight excluding hydrogens is 577 g/mol. The standard InChI is InChI=1S/C48H40/c1-4-14-34(15-5-1)36-22-26-38(27-23-36)44-32-40-18-8-10-20-42(40)46(44)48(30-12-3-13-31-48)47-43-21-11-9-19-41(43)33-45(47)39-28-24-37(25-29-39)35-16-6-2-7-17-35/h1-2,4-11,14-29H,3,12-13,30-33H2. The van der Waals surface area contributed by atoms with E-state index >= 15 is 0 Å². The average Bonchev–Trinajstić information content (AvgIpc) is 3.76. The lowest BCUT2D eigenvalue weighted by Crippen LogP contribution is -2.28. The largest absolute Gasteiger partial charge is 0.0622 e. The van der Waals surface area contributed by atoms with Crippen molar-refractivity contribution in [2.75, 3.05) is 0 Å². The summed E-state index contributed by atoms with van der Waals surface area (Å²) in [6.07, 6.45) is 8.21. The average molecular weight is 617 g/mol. The van der Waals surface area contributed by atoms with Crippen molar-refractivity contribution in [1.82, 2.24) is 0 Å². The lowest BCUT2D eigenvalue weighted by atomic mass is 9.60. The van der Waals surface area contributed by atoms with Crippen LogP contribution >= 0.6 is 0 Å². The highest BCUT2D eigenvalue weighted by molar-refractivity contribution is 6.10. The topological polar surface area (TPSA) is 0 Å². The van der Waals surface area contributed by atoms with E-state index in [1.54, 1.807) is 11.1 Å². The fourth-order valence-electron chi connectivity index (χ4n) is 9.07. The first kappa shape index (κ1) is 29.0. The van der Waals surface area contributed by atoms with Gasteiger partial charge in [-0.1, -0.05) is 177 Å². The van der Waals surface area contributed by atoms with E-state index in [-0.39, 0.29) is 5.41 Å². The molecule has 1 fully saturated rings. The first-order valence-electron chi connectivity index (χ1n) is 17.7. The van der Waals surface area contributed by atoms with Gasteiger partial charge in [-0.2, -0.15) is 0 Å². The van der Waals surface area contributed by atoms with Crippen LogP contribution in [-0.4, -0.2) is 0 Å². The Morgan fingerprint density at radius 3 is 1.10 bits per heavy atom. The van der Waals surface area contributed by atoms with Crippen molar-refractivity contribution < 1.29 is 0 Å². The highest BCUT2D eigenvalue weighted by Crippen LogP contribution is 2.63. The zero-order chi connectivity index (χ0) is 31.9. The second-order valence-corrected chi connectivity index (χ2v) is 13.9. The van der Waals surface area contributed by atoms with Gasteiger partial charge in [0.05, 0.1) is 0 Å². The van der Waals surface area contributed by atoms with Crippen LogP contribution in [0.15, 0.2) is 158 Å². The quantitative estimate of drug-likeness (QED) is 0.175. The maximum Gasteiger partial charge on any atom is 0.0221 e. The first-order valence-corrected chi connectivity index (χ1v) is 17.7. The molecule has 0 amide bonds. The summed E-state index contributed by atoms with van der Waals surface area (Å²) in [6, 6.07) is 59.0. The molecule has 0 heterocycles. The van der Waals surface area contributed by atoms with E-state index in [2.05, 4.69) is 158 Å². The van der Waals surface area contributed by atoms with Crippen LogP contribution in [0.4, 0.5) is 0 Å². The lowest BCUT2D eigenvalue weighted by Gasteiger charge is -2.43. The summed E-state index contributed by atoms with van der Waals surface area (Å²) in [5.41, 5.74) is 19.9. The number of hydrogen-bond donors (Lipinski definition) is 0. The van der Waals surface area contributed by atoms with Gasteiger partial charge in [0.2, 0.25) is 0 Å². The molecule has 0 heteroatoms. The lowest BCUT2D eigenvalue weighted by molar-refractivity contribution is 0.352. The minimum absolute atomic E-state index is 0.0433. The minimum atomic E-state index is -0.0433. The van der Waals surface area contributed by atoms with Gasteiger partial charge >= 0.3 is 0 Å². The van der Waals surface area contributed by atoms with Crippen LogP contribution in [-0.2, 0) is 12.8 Å². The van der Waals surface area contributed by atoms with Gasteiger partial charge in [0.15, 0.2) is 0 Å². The molecule has 0 nitrogen and oxygen atoms in total. The molecule has 0 unspecified atom stereocenters. The van der Waals surface area contributed by atoms with Crippen LogP contribution in [0.1, 0.15) is 65.5 Å². The van der Waals surface area contributed by atoms with E-state index in [1.165, 1.54) is 98.9 Å². The summed E-state index contributed by atoms with van der Waals surface area (Å²) in [6.45, 7) is 0. The molecule has 6 aromatic carbocycles. The van der Waals surface area contributed by atoms with E-state index in [9.17, 15) is 0 Å². The van der Waals surface area contributed by atoms with Gasteiger partial charge in [-0.15, -0.1) is 0 Å². The van der Waals surface area contributed by atoms with E-state index in [1.807, 2.05) is 0 Å². The molecule has 9 rings (SSSR count). The molecule has 48 heavy (non-hydrogen) atoms. The van der Waals surface area contributed by atoms with E-state index < -0.39 is 0 Å². The van der Waals surface area contributed by atoms with Crippen LogP contribution < -0.4 is 0 Å². The molecule has 6 aromatic rings. The number of allylic oxidation sites excluding steroid dienone is 4. The van der Waals surface area contributed by atoms with Gasteiger partial charge < -0.3 is 0 Å². The zero-order valence-electron chi connectivity index (χ0n) is 27.5. The van der Waals surface area contributed by atoms with E-state index in [0.29, 0.717) is 0 Å². The molecule has 0 bridgehead atoms. The Morgan fingerprint density at radius 2 is 0.667 bits per heavy atom. The third kappa shape index (κ3) is 4.90. The highest BCUT2D eigenvalue weighted by atomic mass is 14.5. The molecular formula is C48H40. The Kier molecular flexibility index (Phi) is 7.31. The van der Waals surface area contributed by atoms with Crippen molar-refractivity contribution >= 4 is 22.3 Å². The molecule has 0 aromatic heterocycles. The van der Waals surface area contributed by atoms with Crippen molar-refractivity contribution in [2.24, 2.45) is 5.41 Å². The van der Waals surface area contributed by atoms with E-state index in [0.717, 1.165) is 12.8 Å². The summed E-state index contributed by atoms with van der Waals surface area (Å²) < 4.78 is 0. The summed E-state index contributed by atoms with van der Waals surface area (Å²) >= 11 is 0. The number of benzene rings is 6. The summed E-state index contributed by atoms with van der Waals surface area (Å²) in [5, 5.41) is 0. The van der Waals surface area contributed by atoms with Crippen molar-refractivity contribution in [3.8, 4) is 22.3 Å². The normalized spacial score (nSPS) is 16.6. The Balaban J connectivity index is 1.25. The Hall–Kier alpha value is -5.20. The van der Waals surface area contributed by atoms with Crippen molar-refractivity contribution in [3.05, 3.63) is 191 Å². The maximum atomic E-state index is 2.42. The number of fused-ring (bicyclic) bond motifs is 2. The molecule has 0 atom stereocenters. The van der Waals surface area contributed by atoms with Gasteiger partial charge in [-0.3, -0.25) is 0 Å². The van der Waals surface area contributed by atoms with Crippen LogP contribution in [0, 0.1) is 5.41 Å². The van der Waals surface area contributed by atoms with Crippen LogP contribution in [0.2, 0.25) is 0 Å². The molecule has 232 valence electrons. The molecule has 1 saturated carbocycles. The molecule has 0 N–H and O–H groups in total. The summed E-state index contributed by atoms with van der Waals surface area (Å²) in [4.78, 5) is 0. The number of hydrogen-bond acceptors (Lipinski definition) is 0. The fraction of sp³-hybridized carbons (Fsp3) is 0.167. The van der Waals surface area contributed by atoms with Gasteiger partial charge in [0.25, 0.3) is 0 Å². The molecule has 0 radical (unpaired) electrons. The van der Waals surface area contributed by atoms with Gasteiger partial charge in [0.1, 0.15) is 0 Å². The SMILES string of the molecule is c1ccc(-c2ccc(C3=C(C4(C5=C(c6ccc(-c7ccccc7)cc6)Cc6ccccc65)CCCCC4)c4ccccc4C3)cc2)cc1. The predicted octanol–water partition coefficient (Wildman–Crippen LogP) is 12.6. The van der Waals surface area contributed by atoms with Gasteiger partial charge in [0, 0.05) is 5.41 Å². The van der Waals surface area contributed by atoms with Crippen molar-refractivity contribution in [1.29, 1.82) is 0 Å². The van der Waals surface area contributed by atoms with Crippen LogP contribution in [0.5, 0.6) is 0 Å². The second kappa shape index (κ2) is 12.1. The van der Waals surface area contributed by atoms with Gasteiger partial charge in [-0.05, 0) is 104 Å². The molecule has 0 spiro atoms. The second-order valence-electron chi connectivity index (χ2n) is 13.9. The first-order chi connectivity index (χ1) is 23.8. The smallest absolute Gasteiger partial charge is 0.0221 e. The predicted molar refractivity (Wildman–Crippen MR) is 203 cm³/mol. The Morgan fingerprint density at radius 1 is 0.312 bits per heavy atom. The van der Waals surface area contributed by atoms with Crippen LogP contribution in [0.25, 0.3) is 44.5 Å². The van der Waals surface area contributed by atoms with Crippen LogP contribution in [0.3, 0.4) is 0 Å². The molecule has 0 aliphatic heterocycles. The third-order valence-electron chi connectivity index (χ3n) is 11.3. The fourth-order valence-corrected chi connectivity index (χ4v) is 9.07. The monoisotopic (exact) mass is 616 g/mol. The minimum Gasteiger partial charge on any atom is -0.0622 e. The molecule has 0 saturated heterocycles. The van der Waals surface area contributed by atoms with Gasteiger partial charge in [-0.25, -0.2) is 0 Å². The van der Waals surface area contributed by atoms with Crippen molar-refractivity contribution in [3.63, 3.8) is 0 Å².